The van der Waals surface area contributed by atoms with E-state index in [9.17, 15) is 0 Å². The number of ether oxygens (including phenoxy) is 3. The summed E-state index contributed by atoms with van der Waals surface area (Å²) in [5, 5.41) is 3.15. The molecule has 2 aliphatic heterocycles. The van der Waals surface area contributed by atoms with Crippen LogP contribution in [0.25, 0.3) is 0 Å². The molecule has 0 aliphatic carbocycles. The second-order valence-corrected chi connectivity index (χ2v) is 4.27. The molecule has 1 N–H and O–H groups in total. The number of hydrogen-bond acceptors (Lipinski definition) is 5. The summed E-state index contributed by atoms with van der Waals surface area (Å²) in [7, 11) is 0. The van der Waals surface area contributed by atoms with Crippen molar-refractivity contribution < 1.29 is 14.2 Å². The number of anilines is 1. The third kappa shape index (κ3) is 1.76. The molecule has 1 aromatic heterocycles. The number of para-hydroxylation sites is 2. The minimum absolute atomic E-state index is 0.542. The number of benzene rings is 1. The van der Waals surface area contributed by atoms with E-state index in [-0.39, 0.29) is 0 Å². The van der Waals surface area contributed by atoms with Gasteiger partial charge in [0.05, 0.1) is 0 Å². The third-order valence-corrected chi connectivity index (χ3v) is 2.95. The van der Waals surface area contributed by atoms with Gasteiger partial charge in [0.25, 0.3) is 0 Å². The van der Waals surface area contributed by atoms with Gasteiger partial charge in [-0.3, -0.25) is 0 Å². The molecule has 3 heterocycles. The van der Waals surface area contributed by atoms with Crippen molar-refractivity contribution in [3.63, 3.8) is 0 Å². The lowest BCUT2D eigenvalue weighted by Crippen LogP contribution is -2.16. The number of hydrogen-bond donors (Lipinski definition) is 1. The summed E-state index contributed by atoms with van der Waals surface area (Å²) in [6.45, 7) is 0. The smallest absolute Gasteiger partial charge is 0.189 e. The summed E-state index contributed by atoms with van der Waals surface area (Å²) in [5.74, 6) is 3.22. The van der Waals surface area contributed by atoms with Crippen LogP contribution in [0, 0.1) is 0 Å². The van der Waals surface area contributed by atoms with E-state index in [0.717, 1.165) is 0 Å². The molecule has 0 spiro atoms. The van der Waals surface area contributed by atoms with Crippen LogP contribution in [-0.4, -0.2) is 4.98 Å². The Morgan fingerprint density at radius 3 is 2.60 bits per heavy atom. The van der Waals surface area contributed by atoms with E-state index in [4.69, 9.17) is 14.2 Å². The van der Waals surface area contributed by atoms with E-state index in [1.165, 1.54) is 0 Å². The third-order valence-electron chi connectivity index (χ3n) is 2.95. The number of pyridine rings is 1. The van der Waals surface area contributed by atoms with Crippen molar-refractivity contribution in [2.75, 3.05) is 5.32 Å². The summed E-state index contributed by atoms with van der Waals surface area (Å²) in [4.78, 5) is 4.21. The molecule has 0 radical (unpaired) electrons. The van der Waals surface area contributed by atoms with Crippen LogP contribution in [0.3, 0.4) is 0 Å². The molecular formula is C15H10N2O3. The molecule has 4 rings (SSSR count). The van der Waals surface area contributed by atoms with Crippen molar-refractivity contribution in [3.8, 4) is 17.2 Å². The highest BCUT2D eigenvalue weighted by molar-refractivity contribution is 5.59. The SMILES string of the molecule is C1=C(C2=COc3ccccc3O2)Nc2ncccc2O1. The van der Waals surface area contributed by atoms with Crippen LogP contribution >= 0.6 is 0 Å². The first kappa shape index (κ1) is 10.9. The van der Waals surface area contributed by atoms with Crippen molar-refractivity contribution in [2.45, 2.75) is 0 Å². The van der Waals surface area contributed by atoms with Crippen LogP contribution in [0.15, 0.2) is 66.6 Å². The fraction of sp³-hybridized carbons (Fsp3) is 0. The number of fused-ring (bicyclic) bond motifs is 2. The van der Waals surface area contributed by atoms with Gasteiger partial charge in [0, 0.05) is 6.20 Å². The summed E-state index contributed by atoms with van der Waals surface area (Å²) < 4.78 is 16.8. The molecule has 0 bridgehead atoms. The Balaban J connectivity index is 1.62. The minimum atomic E-state index is 0.542. The Labute approximate surface area is 115 Å². The van der Waals surface area contributed by atoms with Gasteiger partial charge < -0.3 is 19.5 Å². The second kappa shape index (κ2) is 4.31. The Kier molecular flexibility index (Phi) is 2.35. The molecule has 1 aromatic carbocycles. The van der Waals surface area contributed by atoms with E-state index in [1.807, 2.05) is 36.4 Å². The molecule has 2 aliphatic rings. The predicted octanol–water partition coefficient (Wildman–Crippen LogP) is 3.04. The molecule has 0 amide bonds. The van der Waals surface area contributed by atoms with Gasteiger partial charge in [0.1, 0.15) is 18.2 Å². The highest BCUT2D eigenvalue weighted by atomic mass is 16.6. The topological polar surface area (TPSA) is 52.6 Å². The highest BCUT2D eigenvalue weighted by Gasteiger charge is 2.21. The van der Waals surface area contributed by atoms with Crippen molar-refractivity contribution in [3.05, 3.63) is 66.6 Å². The summed E-state index contributed by atoms with van der Waals surface area (Å²) in [6, 6.07) is 11.1. The standard InChI is InChI=1S/C15H10N2O3/c1-2-5-12-11(4-1)19-9-14(20-12)10-8-18-13-6-3-7-16-15(13)17-10/h1-9H,(H,16,17). The summed E-state index contributed by atoms with van der Waals surface area (Å²) >= 11 is 0. The zero-order chi connectivity index (χ0) is 13.4. The maximum absolute atomic E-state index is 5.78. The van der Waals surface area contributed by atoms with Crippen LogP contribution in [0.4, 0.5) is 5.82 Å². The predicted molar refractivity (Wildman–Crippen MR) is 72.4 cm³/mol. The van der Waals surface area contributed by atoms with Gasteiger partial charge in [0.2, 0.25) is 0 Å². The van der Waals surface area contributed by atoms with Crippen molar-refractivity contribution in [1.29, 1.82) is 0 Å². The van der Waals surface area contributed by atoms with Gasteiger partial charge in [-0.2, -0.15) is 0 Å². The molecule has 98 valence electrons. The molecule has 0 saturated heterocycles. The molecular weight excluding hydrogens is 256 g/mol. The quantitative estimate of drug-likeness (QED) is 0.859. The van der Waals surface area contributed by atoms with Gasteiger partial charge in [-0.15, -0.1) is 0 Å². The van der Waals surface area contributed by atoms with E-state index in [1.54, 1.807) is 18.7 Å². The van der Waals surface area contributed by atoms with Crippen LogP contribution in [-0.2, 0) is 0 Å². The maximum atomic E-state index is 5.78. The van der Waals surface area contributed by atoms with Crippen LogP contribution < -0.4 is 19.5 Å². The number of rotatable bonds is 1. The molecule has 2 aromatic rings. The molecule has 5 heteroatoms. The molecule has 0 fully saturated rings. The average Bonchev–Trinajstić information content (AvgIpc) is 2.54. The summed E-state index contributed by atoms with van der Waals surface area (Å²) in [5.41, 5.74) is 0.658. The number of nitrogens with one attached hydrogen (secondary N) is 1. The van der Waals surface area contributed by atoms with Crippen molar-refractivity contribution >= 4 is 5.82 Å². The fourth-order valence-corrected chi connectivity index (χ4v) is 1.99. The lowest BCUT2D eigenvalue weighted by Gasteiger charge is -2.23. The Hall–Kier alpha value is -2.95. The zero-order valence-electron chi connectivity index (χ0n) is 10.4. The first-order valence-electron chi connectivity index (χ1n) is 6.13. The monoisotopic (exact) mass is 266 g/mol. The van der Waals surface area contributed by atoms with Crippen molar-refractivity contribution in [1.82, 2.24) is 4.98 Å². The van der Waals surface area contributed by atoms with Gasteiger partial charge >= 0.3 is 0 Å². The van der Waals surface area contributed by atoms with E-state index < -0.39 is 0 Å². The molecule has 0 saturated carbocycles. The van der Waals surface area contributed by atoms with Crippen LogP contribution in [0.2, 0.25) is 0 Å². The van der Waals surface area contributed by atoms with E-state index >= 15 is 0 Å². The van der Waals surface area contributed by atoms with Gasteiger partial charge in [-0.25, -0.2) is 4.98 Å². The van der Waals surface area contributed by atoms with E-state index in [0.29, 0.717) is 34.5 Å². The maximum Gasteiger partial charge on any atom is 0.189 e. The Bertz CT molecular complexity index is 674. The summed E-state index contributed by atoms with van der Waals surface area (Å²) in [6.07, 6.45) is 4.81. The zero-order valence-corrected chi connectivity index (χ0v) is 10.4. The van der Waals surface area contributed by atoms with Gasteiger partial charge in [-0.1, -0.05) is 12.1 Å². The first-order chi connectivity index (χ1) is 9.90. The molecule has 0 atom stereocenters. The fourth-order valence-electron chi connectivity index (χ4n) is 1.99. The lowest BCUT2D eigenvalue weighted by atomic mass is 10.3. The second-order valence-electron chi connectivity index (χ2n) is 4.27. The van der Waals surface area contributed by atoms with Gasteiger partial charge in [-0.05, 0) is 24.3 Å². The van der Waals surface area contributed by atoms with Crippen LogP contribution in [0.1, 0.15) is 0 Å². The Morgan fingerprint density at radius 1 is 0.850 bits per heavy atom. The molecule has 5 nitrogen and oxygen atoms in total. The average molecular weight is 266 g/mol. The highest BCUT2D eigenvalue weighted by Crippen LogP contribution is 2.35. The van der Waals surface area contributed by atoms with E-state index in [2.05, 4.69) is 10.3 Å². The molecule has 20 heavy (non-hydrogen) atoms. The van der Waals surface area contributed by atoms with Crippen LogP contribution in [0.5, 0.6) is 17.2 Å². The van der Waals surface area contributed by atoms with Gasteiger partial charge in [0.15, 0.2) is 28.8 Å². The molecule has 0 unspecified atom stereocenters. The lowest BCUT2D eigenvalue weighted by molar-refractivity contribution is 0.329. The largest absolute Gasteiger partial charge is 0.459 e. The minimum Gasteiger partial charge on any atom is -0.459 e. The van der Waals surface area contributed by atoms with Crippen molar-refractivity contribution in [2.24, 2.45) is 0 Å². The number of aromatic nitrogens is 1. The first-order valence-corrected chi connectivity index (χ1v) is 6.13. The normalized spacial score (nSPS) is 15.2. The number of nitrogens with zero attached hydrogens (tertiary/aromatic N) is 1. The Morgan fingerprint density at radius 2 is 1.65 bits per heavy atom.